The van der Waals surface area contributed by atoms with E-state index < -0.39 is 0 Å². The van der Waals surface area contributed by atoms with Crippen molar-refractivity contribution in [1.29, 1.82) is 0 Å². The zero-order valence-corrected chi connectivity index (χ0v) is 9.21. The van der Waals surface area contributed by atoms with E-state index >= 15 is 0 Å². The van der Waals surface area contributed by atoms with Gasteiger partial charge in [0.1, 0.15) is 5.82 Å². The average Bonchev–Trinajstić information content (AvgIpc) is 2.80. The summed E-state index contributed by atoms with van der Waals surface area (Å²) < 4.78 is 19.0. The third-order valence-electron chi connectivity index (χ3n) is 2.81. The molecule has 0 radical (unpaired) electrons. The molecule has 1 saturated heterocycles. The summed E-state index contributed by atoms with van der Waals surface area (Å²) in [7, 11) is 0. The molecule has 1 atom stereocenters. The van der Waals surface area contributed by atoms with Crippen LogP contribution in [0.5, 0.6) is 0 Å². The number of anilines is 1. The van der Waals surface area contributed by atoms with Crippen LogP contribution in [0.1, 0.15) is 18.4 Å². The lowest BCUT2D eigenvalue weighted by atomic mass is 10.2. The first-order valence-electron chi connectivity index (χ1n) is 5.63. The van der Waals surface area contributed by atoms with E-state index in [0.717, 1.165) is 25.0 Å². The standard InChI is InChI=1S/C12H17FN2O/c13-11-6-9(7-14)3-4-12(11)15-8-10-2-1-5-16-10/h3-4,6,10,15H,1-2,5,7-8,14H2. The SMILES string of the molecule is NCc1ccc(NCC2CCCO2)c(F)c1. The molecule has 16 heavy (non-hydrogen) atoms. The average molecular weight is 224 g/mol. The van der Waals surface area contributed by atoms with E-state index in [-0.39, 0.29) is 11.9 Å². The molecule has 0 aliphatic carbocycles. The van der Waals surface area contributed by atoms with E-state index in [1.54, 1.807) is 6.07 Å². The fraction of sp³-hybridized carbons (Fsp3) is 0.500. The molecule has 4 heteroatoms. The summed E-state index contributed by atoms with van der Waals surface area (Å²) in [5.41, 5.74) is 6.76. The maximum atomic E-state index is 13.6. The van der Waals surface area contributed by atoms with Gasteiger partial charge in [-0.05, 0) is 30.5 Å². The zero-order chi connectivity index (χ0) is 11.4. The van der Waals surface area contributed by atoms with Gasteiger partial charge in [0, 0.05) is 19.7 Å². The molecule has 1 heterocycles. The van der Waals surface area contributed by atoms with Crippen LogP contribution in [0.25, 0.3) is 0 Å². The summed E-state index contributed by atoms with van der Waals surface area (Å²) in [6.45, 7) is 1.85. The molecule has 0 spiro atoms. The Morgan fingerprint density at radius 1 is 1.50 bits per heavy atom. The van der Waals surface area contributed by atoms with E-state index in [0.29, 0.717) is 18.8 Å². The van der Waals surface area contributed by atoms with E-state index in [9.17, 15) is 4.39 Å². The Morgan fingerprint density at radius 2 is 2.38 bits per heavy atom. The van der Waals surface area contributed by atoms with Gasteiger partial charge in [0.05, 0.1) is 11.8 Å². The summed E-state index contributed by atoms with van der Waals surface area (Å²) in [5.74, 6) is -0.249. The van der Waals surface area contributed by atoms with Crippen LogP contribution in [-0.4, -0.2) is 19.3 Å². The Bertz CT molecular complexity index is 351. The lowest BCUT2D eigenvalue weighted by molar-refractivity contribution is 0.120. The first kappa shape index (κ1) is 11.4. The van der Waals surface area contributed by atoms with E-state index in [1.807, 2.05) is 6.07 Å². The van der Waals surface area contributed by atoms with Gasteiger partial charge in [0.15, 0.2) is 0 Å². The van der Waals surface area contributed by atoms with Crippen molar-refractivity contribution in [3.8, 4) is 0 Å². The van der Waals surface area contributed by atoms with Crippen LogP contribution >= 0.6 is 0 Å². The molecule has 88 valence electrons. The third-order valence-corrected chi connectivity index (χ3v) is 2.81. The van der Waals surface area contributed by atoms with Crippen molar-refractivity contribution in [2.24, 2.45) is 5.73 Å². The van der Waals surface area contributed by atoms with Crippen LogP contribution in [0.15, 0.2) is 18.2 Å². The van der Waals surface area contributed by atoms with E-state index in [2.05, 4.69) is 5.32 Å². The molecule has 1 aliphatic rings. The summed E-state index contributed by atoms with van der Waals surface area (Å²) in [6.07, 6.45) is 2.37. The van der Waals surface area contributed by atoms with Crippen LogP contribution < -0.4 is 11.1 Å². The van der Waals surface area contributed by atoms with Crippen LogP contribution in [0, 0.1) is 5.82 Å². The molecule has 1 fully saturated rings. The number of hydrogen-bond acceptors (Lipinski definition) is 3. The molecule has 1 aromatic rings. The summed E-state index contributed by atoms with van der Waals surface area (Å²) >= 11 is 0. The Kier molecular flexibility index (Phi) is 3.74. The summed E-state index contributed by atoms with van der Waals surface area (Å²) in [6, 6.07) is 5.03. The first-order chi connectivity index (χ1) is 7.79. The van der Waals surface area contributed by atoms with Crippen LogP contribution in [0.3, 0.4) is 0 Å². The fourth-order valence-electron chi connectivity index (χ4n) is 1.86. The monoisotopic (exact) mass is 224 g/mol. The van der Waals surface area contributed by atoms with Crippen molar-refractivity contribution in [3.05, 3.63) is 29.6 Å². The van der Waals surface area contributed by atoms with Gasteiger partial charge in [-0.2, -0.15) is 0 Å². The Labute approximate surface area is 94.8 Å². The largest absolute Gasteiger partial charge is 0.380 e. The minimum atomic E-state index is -0.249. The van der Waals surface area contributed by atoms with Crippen molar-refractivity contribution in [2.75, 3.05) is 18.5 Å². The Morgan fingerprint density at radius 3 is 3.00 bits per heavy atom. The lowest BCUT2D eigenvalue weighted by Gasteiger charge is -2.12. The van der Waals surface area contributed by atoms with Gasteiger partial charge in [-0.25, -0.2) is 4.39 Å². The Balaban J connectivity index is 1.93. The quantitative estimate of drug-likeness (QED) is 0.820. The predicted octanol–water partition coefficient (Wildman–Crippen LogP) is 1.88. The molecule has 0 amide bonds. The minimum Gasteiger partial charge on any atom is -0.380 e. The summed E-state index contributed by atoms with van der Waals surface area (Å²) in [5, 5.41) is 3.07. The Hall–Kier alpha value is -1.13. The van der Waals surface area contributed by atoms with Gasteiger partial charge in [-0.15, -0.1) is 0 Å². The third kappa shape index (κ3) is 2.71. The zero-order valence-electron chi connectivity index (χ0n) is 9.21. The van der Waals surface area contributed by atoms with E-state index in [1.165, 1.54) is 6.07 Å². The maximum Gasteiger partial charge on any atom is 0.146 e. The predicted molar refractivity (Wildman–Crippen MR) is 61.8 cm³/mol. The molecule has 1 aliphatic heterocycles. The van der Waals surface area contributed by atoms with Crippen LogP contribution in [0.2, 0.25) is 0 Å². The van der Waals surface area contributed by atoms with Crippen molar-refractivity contribution in [1.82, 2.24) is 0 Å². The van der Waals surface area contributed by atoms with Crippen LogP contribution in [0.4, 0.5) is 10.1 Å². The highest BCUT2D eigenvalue weighted by Crippen LogP contribution is 2.17. The molecular weight excluding hydrogens is 207 g/mol. The number of ether oxygens (including phenoxy) is 1. The second-order valence-corrected chi connectivity index (χ2v) is 4.03. The molecule has 2 rings (SSSR count). The van der Waals surface area contributed by atoms with Gasteiger partial charge < -0.3 is 15.8 Å². The number of nitrogens with two attached hydrogens (primary N) is 1. The molecule has 3 N–H and O–H groups in total. The van der Waals surface area contributed by atoms with Crippen molar-refractivity contribution in [2.45, 2.75) is 25.5 Å². The normalized spacial score (nSPS) is 20.0. The lowest BCUT2D eigenvalue weighted by Crippen LogP contribution is -2.19. The van der Waals surface area contributed by atoms with Gasteiger partial charge in [0.25, 0.3) is 0 Å². The van der Waals surface area contributed by atoms with Crippen molar-refractivity contribution in [3.63, 3.8) is 0 Å². The molecule has 3 nitrogen and oxygen atoms in total. The highest BCUT2D eigenvalue weighted by Gasteiger charge is 2.15. The van der Waals surface area contributed by atoms with E-state index in [4.69, 9.17) is 10.5 Å². The molecule has 0 aromatic heterocycles. The second kappa shape index (κ2) is 5.27. The highest BCUT2D eigenvalue weighted by atomic mass is 19.1. The smallest absolute Gasteiger partial charge is 0.146 e. The molecular formula is C12H17FN2O. The van der Waals surface area contributed by atoms with Crippen LogP contribution in [-0.2, 0) is 11.3 Å². The topological polar surface area (TPSA) is 47.3 Å². The number of benzene rings is 1. The molecule has 1 unspecified atom stereocenters. The number of rotatable bonds is 4. The second-order valence-electron chi connectivity index (χ2n) is 4.03. The van der Waals surface area contributed by atoms with Crippen molar-refractivity contribution < 1.29 is 9.13 Å². The number of hydrogen-bond donors (Lipinski definition) is 2. The maximum absolute atomic E-state index is 13.6. The van der Waals surface area contributed by atoms with Gasteiger partial charge in [-0.1, -0.05) is 6.07 Å². The molecule has 1 aromatic carbocycles. The van der Waals surface area contributed by atoms with Gasteiger partial charge in [-0.3, -0.25) is 0 Å². The number of halogens is 1. The van der Waals surface area contributed by atoms with Crippen molar-refractivity contribution >= 4 is 5.69 Å². The van der Waals surface area contributed by atoms with Gasteiger partial charge in [0.2, 0.25) is 0 Å². The highest BCUT2D eigenvalue weighted by molar-refractivity contribution is 5.46. The number of nitrogens with one attached hydrogen (secondary N) is 1. The first-order valence-corrected chi connectivity index (χ1v) is 5.63. The molecule has 0 bridgehead atoms. The summed E-state index contributed by atoms with van der Waals surface area (Å²) in [4.78, 5) is 0. The van der Waals surface area contributed by atoms with Gasteiger partial charge >= 0.3 is 0 Å². The minimum absolute atomic E-state index is 0.216. The fourth-order valence-corrected chi connectivity index (χ4v) is 1.86. The molecule has 0 saturated carbocycles.